The van der Waals surface area contributed by atoms with E-state index in [-0.39, 0.29) is 17.4 Å². The van der Waals surface area contributed by atoms with Crippen LogP contribution in [0.4, 0.5) is 5.69 Å². The molecule has 0 bridgehead atoms. The number of nitrogens with one attached hydrogen (secondary N) is 1. The van der Waals surface area contributed by atoms with Crippen LogP contribution in [0.2, 0.25) is 0 Å². The van der Waals surface area contributed by atoms with Gasteiger partial charge in [0.25, 0.3) is 15.9 Å². The number of hydrazone groups is 1. The Balaban J connectivity index is 1.68. The molecule has 0 radical (unpaired) electrons. The number of hydrogen-bond donors (Lipinski definition) is 1. The number of carbonyl (C=O) groups is 1. The maximum atomic E-state index is 12.8. The lowest BCUT2D eigenvalue weighted by Gasteiger charge is -2.19. The monoisotopic (exact) mass is 439 g/mol. The largest absolute Gasteiger partial charge is 0.467 e. The molecule has 4 rings (SSSR count). The van der Waals surface area contributed by atoms with Gasteiger partial charge in [-0.3, -0.25) is 9.52 Å². The average Bonchev–Trinajstić information content (AvgIpc) is 3.45. The van der Waals surface area contributed by atoms with Gasteiger partial charge in [-0.2, -0.15) is 5.10 Å². The fraction of sp³-hybridized carbons (Fsp3) is 0.182. The molecule has 1 aliphatic heterocycles. The van der Waals surface area contributed by atoms with E-state index >= 15 is 0 Å². The van der Waals surface area contributed by atoms with Gasteiger partial charge in [0.15, 0.2) is 0 Å². The van der Waals surface area contributed by atoms with Crippen LogP contribution >= 0.6 is 0 Å². The van der Waals surface area contributed by atoms with E-state index in [4.69, 9.17) is 9.15 Å². The Labute approximate surface area is 180 Å². The van der Waals surface area contributed by atoms with Crippen LogP contribution in [0.1, 0.15) is 23.8 Å². The lowest BCUT2D eigenvalue weighted by Crippen LogP contribution is -2.29. The van der Waals surface area contributed by atoms with Gasteiger partial charge >= 0.3 is 0 Å². The summed E-state index contributed by atoms with van der Waals surface area (Å²) >= 11 is 0. The van der Waals surface area contributed by atoms with Crippen LogP contribution in [-0.4, -0.2) is 38.8 Å². The summed E-state index contributed by atoms with van der Waals surface area (Å²) in [7, 11) is -2.35. The van der Waals surface area contributed by atoms with Gasteiger partial charge in [0.2, 0.25) is 0 Å². The number of anilines is 1. The average molecular weight is 439 g/mol. The van der Waals surface area contributed by atoms with Crippen LogP contribution < -0.4 is 4.72 Å². The first-order valence-electron chi connectivity index (χ1n) is 9.59. The van der Waals surface area contributed by atoms with E-state index in [1.807, 2.05) is 0 Å². The van der Waals surface area contributed by atoms with Gasteiger partial charge in [-0.1, -0.05) is 36.4 Å². The number of methoxy groups -OCH3 is 1. The molecule has 31 heavy (non-hydrogen) atoms. The van der Waals surface area contributed by atoms with Crippen molar-refractivity contribution in [2.24, 2.45) is 5.10 Å². The molecule has 0 aliphatic carbocycles. The fourth-order valence-electron chi connectivity index (χ4n) is 3.42. The van der Waals surface area contributed by atoms with Crippen molar-refractivity contribution in [1.29, 1.82) is 0 Å². The molecule has 1 amide bonds. The minimum atomic E-state index is -3.78. The van der Waals surface area contributed by atoms with Gasteiger partial charge in [0.1, 0.15) is 18.4 Å². The van der Waals surface area contributed by atoms with Crippen molar-refractivity contribution in [3.05, 3.63) is 84.3 Å². The standard InChI is InChI=1S/C22H21N3O5S/c1-29-15-22(26)25-20(21-12-7-13-30-21)14-19(23-25)17-10-5-6-11-18(17)24-31(27,28)16-8-3-2-4-9-16/h2-13,20,24H,14-15H2,1H3/t20-/m0/s1. The molecule has 0 fully saturated rings. The summed E-state index contributed by atoms with van der Waals surface area (Å²) in [5, 5.41) is 5.84. The maximum Gasteiger partial charge on any atom is 0.269 e. The minimum Gasteiger partial charge on any atom is -0.467 e. The third kappa shape index (κ3) is 4.37. The van der Waals surface area contributed by atoms with Crippen molar-refractivity contribution < 1.29 is 22.4 Å². The minimum absolute atomic E-state index is 0.129. The normalized spacial score (nSPS) is 16.2. The topological polar surface area (TPSA) is 101 Å². The predicted molar refractivity (Wildman–Crippen MR) is 115 cm³/mol. The number of carbonyl (C=O) groups excluding carboxylic acids is 1. The Hall–Kier alpha value is -3.43. The summed E-state index contributed by atoms with van der Waals surface area (Å²) in [4.78, 5) is 12.7. The number of sulfonamides is 1. The molecule has 0 saturated carbocycles. The molecule has 1 aliphatic rings. The van der Waals surface area contributed by atoms with E-state index in [0.717, 1.165) is 0 Å². The van der Waals surface area contributed by atoms with Gasteiger partial charge in [-0.25, -0.2) is 13.4 Å². The number of rotatable bonds is 7. The Morgan fingerprint density at radius 3 is 2.58 bits per heavy atom. The Bertz CT molecular complexity index is 1190. The van der Waals surface area contributed by atoms with Gasteiger partial charge in [-0.05, 0) is 30.3 Å². The van der Waals surface area contributed by atoms with Crippen molar-refractivity contribution in [3.8, 4) is 0 Å². The highest BCUT2D eigenvalue weighted by Crippen LogP contribution is 2.35. The first-order valence-corrected chi connectivity index (χ1v) is 11.1. The van der Waals surface area contributed by atoms with Crippen molar-refractivity contribution in [2.45, 2.75) is 17.4 Å². The lowest BCUT2D eigenvalue weighted by molar-refractivity contribution is -0.137. The summed E-state index contributed by atoms with van der Waals surface area (Å²) in [5.74, 6) is 0.270. The van der Waals surface area contributed by atoms with Gasteiger partial charge in [0, 0.05) is 19.1 Å². The van der Waals surface area contributed by atoms with Crippen LogP contribution in [-0.2, 0) is 19.6 Å². The molecule has 1 N–H and O–H groups in total. The smallest absolute Gasteiger partial charge is 0.269 e. The fourth-order valence-corrected chi connectivity index (χ4v) is 4.52. The summed E-state index contributed by atoms with van der Waals surface area (Å²) in [6.45, 7) is -0.129. The van der Waals surface area contributed by atoms with E-state index in [1.54, 1.807) is 54.6 Å². The molecule has 0 unspecified atom stereocenters. The number of furan rings is 1. The summed E-state index contributed by atoms with van der Waals surface area (Å²) in [5.41, 5.74) is 1.54. The molecular formula is C22H21N3O5S. The highest BCUT2D eigenvalue weighted by molar-refractivity contribution is 7.92. The molecular weight excluding hydrogens is 418 g/mol. The third-order valence-corrected chi connectivity index (χ3v) is 6.22. The zero-order valence-corrected chi connectivity index (χ0v) is 17.6. The lowest BCUT2D eigenvalue weighted by atomic mass is 10.0. The number of ether oxygens (including phenoxy) is 1. The quantitative estimate of drug-likeness (QED) is 0.608. The predicted octanol–water partition coefficient (Wildman–Crippen LogP) is 3.40. The number of nitrogens with zero attached hydrogens (tertiary/aromatic N) is 2. The Morgan fingerprint density at radius 1 is 1.13 bits per heavy atom. The van der Waals surface area contributed by atoms with Crippen molar-refractivity contribution in [1.82, 2.24) is 5.01 Å². The van der Waals surface area contributed by atoms with E-state index in [9.17, 15) is 13.2 Å². The number of para-hydroxylation sites is 1. The highest BCUT2D eigenvalue weighted by atomic mass is 32.2. The van der Waals surface area contributed by atoms with E-state index in [0.29, 0.717) is 29.1 Å². The van der Waals surface area contributed by atoms with Crippen molar-refractivity contribution in [2.75, 3.05) is 18.4 Å². The van der Waals surface area contributed by atoms with Crippen LogP contribution in [0.25, 0.3) is 0 Å². The number of benzene rings is 2. The van der Waals surface area contributed by atoms with E-state index in [2.05, 4.69) is 9.82 Å². The van der Waals surface area contributed by atoms with E-state index in [1.165, 1.54) is 30.5 Å². The molecule has 160 valence electrons. The molecule has 2 aromatic carbocycles. The molecule has 2 heterocycles. The molecule has 3 aromatic rings. The SMILES string of the molecule is COCC(=O)N1N=C(c2ccccc2NS(=O)(=O)c2ccccc2)C[C@H]1c1ccco1. The third-order valence-electron chi connectivity index (χ3n) is 4.84. The summed E-state index contributed by atoms with van der Waals surface area (Å²) in [6, 6.07) is 18.2. The second-order valence-corrected chi connectivity index (χ2v) is 8.60. The van der Waals surface area contributed by atoms with Gasteiger partial charge in [-0.15, -0.1) is 0 Å². The summed E-state index contributed by atoms with van der Waals surface area (Å²) < 4.78 is 38.8. The van der Waals surface area contributed by atoms with Gasteiger partial charge < -0.3 is 9.15 Å². The summed E-state index contributed by atoms with van der Waals surface area (Å²) in [6.07, 6.45) is 1.90. The van der Waals surface area contributed by atoms with Crippen molar-refractivity contribution in [3.63, 3.8) is 0 Å². The van der Waals surface area contributed by atoms with Crippen LogP contribution in [0, 0.1) is 0 Å². The molecule has 0 spiro atoms. The first-order chi connectivity index (χ1) is 15.0. The van der Waals surface area contributed by atoms with Crippen molar-refractivity contribution >= 4 is 27.3 Å². The Kier molecular flexibility index (Phi) is 5.88. The zero-order valence-electron chi connectivity index (χ0n) is 16.8. The number of amides is 1. The zero-order chi connectivity index (χ0) is 21.8. The Morgan fingerprint density at radius 2 is 1.87 bits per heavy atom. The molecule has 1 atom stereocenters. The second-order valence-electron chi connectivity index (χ2n) is 6.92. The van der Waals surface area contributed by atoms with Gasteiger partial charge in [0.05, 0.1) is 22.6 Å². The van der Waals surface area contributed by atoms with E-state index < -0.39 is 16.1 Å². The van der Waals surface area contributed by atoms with Crippen LogP contribution in [0.15, 0.2) is 87.4 Å². The molecule has 1 aromatic heterocycles. The van der Waals surface area contributed by atoms with Crippen LogP contribution in [0.3, 0.4) is 0 Å². The molecule has 0 saturated heterocycles. The highest BCUT2D eigenvalue weighted by Gasteiger charge is 2.35. The first kappa shape index (κ1) is 20.8. The molecule has 9 heteroatoms. The number of hydrogen-bond acceptors (Lipinski definition) is 6. The maximum absolute atomic E-state index is 12.8. The van der Waals surface area contributed by atoms with Crippen LogP contribution in [0.5, 0.6) is 0 Å². The molecule has 8 nitrogen and oxygen atoms in total. The second kappa shape index (κ2) is 8.75.